The summed E-state index contributed by atoms with van der Waals surface area (Å²) in [5.74, 6) is 0. The molecule has 0 spiro atoms. The first kappa shape index (κ1) is 3.55. The van der Waals surface area contributed by atoms with Crippen molar-refractivity contribution in [3.63, 3.8) is 0 Å². The Bertz CT molecular complexity index is 71.2. The summed E-state index contributed by atoms with van der Waals surface area (Å²) in [7, 11) is 0. The van der Waals surface area contributed by atoms with Gasteiger partial charge in [-0.2, -0.15) is 10.3 Å². The van der Waals surface area contributed by atoms with Gasteiger partial charge in [-0.15, -0.1) is 0 Å². The van der Waals surface area contributed by atoms with Gasteiger partial charge in [0.15, 0.2) is 0 Å². The standard InChI is InChI=1S/C2H5N3O/c6-5-2-1-3-4-5/h6H,1-2H2. The van der Waals surface area contributed by atoms with Gasteiger partial charge in [0.25, 0.3) is 0 Å². The lowest BCUT2D eigenvalue weighted by molar-refractivity contribution is -0.0791. The van der Waals surface area contributed by atoms with Crippen molar-refractivity contribution in [2.45, 2.75) is 0 Å². The van der Waals surface area contributed by atoms with Gasteiger partial charge in [-0.3, -0.25) is 5.21 Å². The third-order valence-electron chi connectivity index (χ3n) is 0.566. The van der Waals surface area contributed by atoms with E-state index < -0.39 is 0 Å². The van der Waals surface area contributed by atoms with E-state index >= 15 is 0 Å². The second-order valence-electron chi connectivity index (χ2n) is 1.05. The normalized spacial score (nSPS) is 19.8. The number of hydrogen-bond acceptors (Lipinski definition) is 4. The summed E-state index contributed by atoms with van der Waals surface area (Å²) >= 11 is 0. The maximum atomic E-state index is 8.30. The van der Waals surface area contributed by atoms with E-state index in [0.717, 1.165) is 5.17 Å². The van der Waals surface area contributed by atoms with Gasteiger partial charge in [0.05, 0.1) is 13.1 Å². The molecule has 0 aliphatic carbocycles. The van der Waals surface area contributed by atoms with Gasteiger partial charge in [-0.25, -0.2) is 0 Å². The van der Waals surface area contributed by atoms with Crippen LogP contribution in [0.15, 0.2) is 10.3 Å². The van der Waals surface area contributed by atoms with E-state index in [0.29, 0.717) is 13.1 Å². The minimum absolute atomic E-state index is 0.542. The van der Waals surface area contributed by atoms with Gasteiger partial charge in [0.1, 0.15) is 0 Å². The van der Waals surface area contributed by atoms with Crippen LogP contribution in [0.2, 0.25) is 0 Å². The van der Waals surface area contributed by atoms with Crippen molar-refractivity contribution in [1.82, 2.24) is 5.17 Å². The Labute approximate surface area is 35.0 Å². The van der Waals surface area contributed by atoms with Gasteiger partial charge in [0, 0.05) is 0 Å². The largest absolute Gasteiger partial charge is 0.270 e. The van der Waals surface area contributed by atoms with Crippen LogP contribution in [-0.2, 0) is 0 Å². The third-order valence-corrected chi connectivity index (χ3v) is 0.566. The summed E-state index contributed by atoms with van der Waals surface area (Å²) in [5, 5.41) is 15.8. The van der Waals surface area contributed by atoms with Crippen molar-refractivity contribution in [3.8, 4) is 0 Å². The molecule has 0 aromatic rings. The molecule has 0 amide bonds. The van der Waals surface area contributed by atoms with Crippen molar-refractivity contribution >= 4 is 0 Å². The SMILES string of the molecule is ON1CCN=N1. The van der Waals surface area contributed by atoms with Crippen LogP contribution in [0.25, 0.3) is 0 Å². The van der Waals surface area contributed by atoms with Gasteiger partial charge in [-0.05, 0) is 0 Å². The first-order valence-electron chi connectivity index (χ1n) is 1.73. The highest BCUT2D eigenvalue weighted by molar-refractivity contribution is 4.45. The maximum absolute atomic E-state index is 8.30. The van der Waals surface area contributed by atoms with Crippen LogP contribution in [0.1, 0.15) is 0 Å². The molecule has 0 fully saturated rings. The van der Waals surface area contributed by atoms with Crippen LogP contribution >= 0.6 is 0 Å². The Morgan fingerprint density at radius 1 is 1.67 bits per heavy atom. The smallest absolute Gasteiger partial charge is 0.0878 e. The van der Waals surface area contributed by atoms with Crippen molar-refractivity contribution < 1.29 is 5.21 Å². The van der Waals surface area contributed by atoms with Gasteiger partial charge < -0.3 is 0 Å². The molecule has 6 heavy (non-hydrogen) atoms. The topological polar surface area (TPSA) is 48.2 Å². The molecule has 0 bridgehead atoms. The first-order chi connectivity index (χ1) is 2.89. The van der Waals surface area contributed by atoms with Crippen molar-refractivity contribution in [2.24, 2.45) is 10.3 Å². The third kappa shape index (κ3) is 0.463. The van der Waals surface area contributed by atoms with Crippen molar-refractivity contribution in [3.05, 3.63) is 0 Å². The number of nitrogens with zero attached hydrogens (tertiary/aromatic N) is 3. The van der Waals surface area contributed by atoms with Crippen LogP contribution in [0.3, 0.4) is 0 Å². The Morgan fingerprint density at radius 2 is 2.50 bits per heavy atom. The average molecular weight is 87.1 g/mol. The molecule has 0 aromatic heterocycles. The lowest BCUT2D eigenvalue weighted by Crippen LogP contribution is -2.07. The average Bonchev–Trinajstić information content (AvgIpc) is 1.86. The Balaban J connectivity index is 2.38. The van der Waals surface area contributed by atoms with E-state index in [1.807, 2.05) is 0 Å². The molecule has 4 nitrogen and oxygen atoms in total. The second-order valence-corrected chi connectivity index (χ2v) is 1.05. The lowest BCUT2D eigenvalue weighted by atomic mass is 10.7. The molecule has 34 valence electrons. The molecule has 4 heteroatoms. The van der Waals surface area contributed by atoms with E-state index in [4.69, 9.17) is 5.21 Å². The molecule has 0 atom stereocenters. The Kier molecular flexibility index (Phi) is 0.719. The molecule has 0 aromatic carbocycles. The Hall–Kier alpha value is -0.640. The molecule has 1 rings (SSSR count). The zero-order chi connectivity index (χ0) is 4.41. The predicted octanol–water partition coefficient (Wildman–Crippen LogP) is 0.0584. The molecular formula is C2H5N3O. The van der Waals surface area contributed by atoms with Crippen LogP contribution in [0, 0.1) is 0 Å². The van der Waals surface area contributed by atoms with E-state index in [-0.39, 0.29) is 0 Å². The first-order valence-corrected chi connectivity index (χ1v) is 1.73. The van der Waals surface area contributed by atoms with E-state index in [1.165, 1.54) is 0 Å². The van der Waals surface area contributed by atoms with E-state index in [1.54, 1.807) is 0 Å². The molecular weight excluding hydrogens is 82.0 g/mol. The quantitative estimate of drug-likeness (QED) is 0.454. The van der Waals surface area contributed by atoms with Crippen LogP contribution < -0.4 is 0 Å². The highest BCUT2D eigenvalue weighted by Gasteiger charge is 1.98. The summed E-state index contributed by atoms with van der Waals surface area (Å²) in [4.78, 5) is 0. The van der Waals surface area contributed by atoms with E-state index in [2.05, 4.69) is 10.3 Å². The minimum atomic E-state index is 0.542. The Morgan fingerprint density at radius 3 is 2.67 bits per heavy atom. The molecule has 1 N–H and O–H groups in total. The lowest BCUT2D eigenvalue weighted by Gasteiger charge is -1.94. The van der Waals surface area contributed by atoms with Crippen LogP contribution in [-0.4, -0.2) is 23.5 Å². The second kappa shape index (κ2) is 1.22. The summed E-state index contributed by atoms with van der Waals surface area (Å²) in [6.07, 6.45) is 0. The highest BCUT2D eigenvalue weighted by Crippen LogP contribution is 1.91. The van der Waals surface area contributed by atoms with Crippen LogP contribution in [0.4, 0.5) is 0 Å². The van der Waals surface area contributed by atoms with Gasteiger partial charge in [-0.1, -0.05) is 5.22 Å². The highest BCUT2D eigenvalue weighted by atomic mass is 16.5. The molecule has 0 saturated heterocycles. The molecule has 0 saturated carbocycles. The summed E-state index contributed by atoms with van der Waals surface area (Å²) < 4.78 is 0. The summed E-state index contributed by atoms with van der Waals surface area (Å²) in [5.41, 5.74) is 0. The fourth-order valence-corrected chi connectivity index (χ4v) is 0.297. The number of hydrogen-bond donors (Lipinski definition) is 1. The molecule has 1 aliphatic heterocycles. The fourth-order valence-electron chi connectivity index (χ4n) is 0.297. The zero-order valence-corrected chi connectivity index (χ0v) is 3.20. The van der Waals surface area contributed by atoms with Crippen molar-refractivity contribution in [1.29, 1.82) is 0 Å². The number of rotatable bonds is 0. The predicted molar refractivity (Wildman–Crippen MR) is 18.2 cm³/mol. The van der Waals surface area contributed by atoms with Crippen molar-refractivity contribution in [2.75, 3.05) is 13.1 Å². The zero-order valence-electron chi connectivity index (χ0n) is 3.20. The maximum Gasteiger partial charge on any atom is 0.0878 e. The minimum Gasteiger partial charge on any atom is -0.270 e. The van der Waals surface area contributed by atoms with Gasteiger partial charge in [0.2, 0.25) is 0 Å². The summed E-state index contributed by atoms with van der Waals surface area (Å²) in [6.45, 7) is 1.16. The number of hydroxylamine groups is 1. The molecule has 0 radical (unpaired) electrons. The van der Waals surface area contributed by atoms with Crippen LogP contribution in [0.5, 0.6) is 0 Å². The van der Waals surface area contributed by atoms with E-state index in [9.17, 15) is 0 Å². The molecule has 1 heterocycles. The molecule has 0 unspecified atom stereocenters. The summed E-state index contributed by atoms with van der Waals surface area (Å²) in [6, 6.07) is 0. The molecule has 1 aliphatic rings. The monoisotopic (exact) mass is 87.0 g/mol. The van der Waals surface area contributed by atoms with Gasteiger partial charge >= 0.3 is 0 Å². The fraction of sp³-hybridized carbons (Fsp3) is 1.00.